The zero-order valence-corrected chi connectivity index (χ0v) is 16.6. The van der Waals surface area contributed by atoms with Gasteiger partial charge in [-0.1, -0.05) is 0 Å². The highest BCUT2D eigenvalue weighted by Crippen LogP contribution is 2.42. The minimum Gasteiger partial charge on any atom is -0.487 e. The molecule has 0 unspecified atom stereocenters. The zero-order valence-electron chi connectivity index (χ0n) is 16.6. The monoisotopic (exact) mass is 405 g/mol. The van der Waals surface area contributed by atoms with Gasteiger partial charge in [-0.15, -0.1) is 0 Å². The molecule has 3 heterocycles. The fourth-order valence-corrected chi connectivity index (χ4v) is 4.08. The molecule has 154 valence electrons. The van der Waals surface area contributed by atoms with Crippen molar-refractivity contribution in [1.82, 2.24) is 9.47 Å². The fourth-order valence-electron chi connectivity index (χ4n) is 4.08. The first-order chi connectivity index (χ1) is 13.8. The van der Waals surface area contributed by atoms with E-state index in [1.165, 1.54) is 6.20 Å². The van der Waals surface area contributed by atoms with Gasteiger partial charge in [-0.3, -0.25) is 4.79 Å². The molecule has 2 aliphatic rings. The van der Waals surface area contributed by atoms with Crippen LogP contribution < -0.4 is 15.1 Å². The van der Waals surface area contributed by atoms with E-state index < -0.39 is 24.4 Å². The van der Waals surface area contributed by atoms with Crippen LogP contribution in [-0.2, 0) is 4.65 Å². The smallest absolute Gasteiger partial charge is 0.487 e. The Balaban J connectivity index is 1.93. The number of carbonyl (C=O) groups is 1. The van der Waals surface area contributed by atoms with Crippen LogP contribution in [0.3, 0.4) is 0 Å². The van der Waals surface area contributed by atoms with Gasteiger partial charge in [0.05, 0.1) is 22.6 Å². The van der Waals surface area contributed by atoms with E-state index in [0.29, 0.717) is 17.9 Å². The number of hydrogen-bond donors (Lipinski definition) is 0. The lowest BCUT2D eigenvalue weighted by molar-refractivity contribution is 0.0692. The first kappa shape index (κ1) is 19.7. The first-order valence-corrected chi connectivity index (χ1v) is 9.55. The molecular weight excluding hydrogens is 383 g/mol. The highest BCUT2D eigenvalue weighted by atomic mass is 19.2. The van der Waals surface area contributed by atoms with Gasteiger partial charge in [0.2, 0.25) is 5.43 Å². The molecule has 0 aliphatic carbocycles. The van der Waals surface area contributed by atoms with Crippen LogP contribution in [0.15, 0.2) is 17.1 Å². The SMILES string of the molecule is Cc1cc2c(=O)c(C(=O)OB(F)F)cn3c2c(c1N1CCN(C)CC1)OC[C@@H]3C. The number of piperazine rings is 1. The minimum absolute atomic E-state index is 0.174. The van der Waals surface area contributed by atoms with E-state index in [9.17, 15) is 18.2 Å². The molecule has 2 aromatic rings. The summed E-state index contributed by atoms with van der Waals surface area (Å²) in [5.74, 6) is -0.717. The Hall–Kier alpha value is -2.62. The summed E-state index contributed by atoms with van der Waals surface area (Å²) in [7, 11) is -1.21. The van der Waals surface area contributed by atoms with Gasteiger partial charge in [-0.25, -0.2) is 13.4 Å². The molecule has 2 aliphatic heterocycles. The van der Waals surface area contributed by atoms with Gasteiger partial charge in [-0.2, -0.15) is 0 Å². The van der Waals surface area contributed by atoms with Crippen LogP contribution in [0.2, 0.25) is 0 Å². The molecule has 0 bridgehead atoms. The number of ether oxygens (including phenoxy) is 1. The van der Waals surface area contributed by atoms with Gasteiger partial charge in [0.15, 0.2) is 5.75 Å². The summed E-state index contributed by atoms with van der Waals surface area (Å²) < 4.78 is 36.8. The van der Waals surface area contributed by atoms with E-state index in [0.717, 1.165) is 37.4 Å². The van der Waals surface area contributed by atoms with Crippen molar-refractivity contribution in [2.45, 2.75) is 19.9 Å². The lowest BCUT2D eigenvalue weighted by Crippen LogP contribution is -2.45. The fraction of sp³-hybridized carbons (Fsp3) is 0.474. The predicted octanol–water partition coefficient (Wildman–Crippen LogP) is 2.10. The van der Waals surface area contributed by atoms with Crippen LogP contribution in [0.5, 0.6) is 5.75 Å². The maximum Gasteiger partial charge on any atom is 0.798 e. The second-order valence-electron chi connectivity index (χ2n) is 7.66. The van der Waals surface area contributed by atoms with E-state index in [-0.39, 0.29) is 11.4 Å². The maximum atomic E-state index is 13.0. The van der Waals surface area contributed by atoms with E-state index in [1.54, 1.807) is 10.6 Å². The molecule has 7 nitrogen and oxygen atoms in total. The van der Waals surface area contributed by atoms with Crippen molar-refractivity contribution in [3.8, 4) is 5.75 Å². The number of benzene rings is 1. The molecular formula is C19H22BF2N3O4. The third kappa shape index (κ3) is 3.35. The van der Waals surface area contributed by atoms with Crippen molar-refractivity contribution >= 4 is 30.0 Å². The lowest BCUT2D eigenvalue weighted by Gasteiger charge is -2.37. The van der Waals surface area contributed by atoms with E-state index in [2.05, 4.69) is 21.5 Å². The van der Waals surface area contributed by atoms with Crippen LogP contribution in [0.1, 0.15) is 28.9 Å². The van der Waals surface area contributed by atoms with Crippen molar-refractivity contribution in [3.05, 3.63) is 33.6 Å². The molecule has 1 aromatic carbocycles. The number of nitrogens with zero attached hydrogens (tertiary/aromatic N) is 3. The topological polar surface area (TPSA) is 64.0 Å². The third-order valence-electron chi connectivity index (χ3n) is 5.61. The average Bonchev–Trinajstić information content (AvgIpc) is 2.66. The molecule has 0 spiro atoms. The summed E-state index contributed by atoms with van der Waals surface area (Å²) in [6, 6.07) is 1.54. The van der Waals surface area contributed by atoms with E-state index in [4.69, 9.17) is 4.74 Å². The number of halogens is 2. The molecule has 0 N–H and O–H groups in total. The van der Waals surface area contributed by atoms with Gasteiger partial charge in [0.1, 0.15) is 12.2 Å². The number of aryl methyl sites for hydroxylation is 1. The Bertz CT molecular complexity index is 1030. The molecule has 0 saturated carbocycles. The Kier molecular flexibility index (Phi) is 4.98. The molecule has 10 heteroatoms. The molecule has 1 fully saturated rings. The summed E-state index contributed by atoms with van der Waals surface area (Å²) >= 11 is 0. The van der Waals surface area contributed by atoms with Crippen LogP contribution in [0, 0.1) is 6.92 Å². The standard InChI is InChI=1S/C19H22BF2N3O4/c1-11-8-13-16-18(15(11)24-6-4-23(3)5-7-24)28-10-12(2)25(16)9-14(17(13)26)19(27)29-20(21)22/h8-9,12H,4-7,10H2,1-3H3/t12-/m0/s1. The summed E-state index contributed by atoms with van der Waals surface area (Å²) in [6.45, 7) is 7.61. The van der Waals surface area contributed by atoms with Gasteiger partial charge in [0.25, 0.3) is 0 Å². The lowest BCUT2D eigenvalue weighted by atomic mass is 10.0. The van der Waals surface area contributed by atoms with Crippen LogP contribution >= 0.6 is 0 Å². The number of rotatable bonds is 3. The average molecular weight is 405 g/mol. The number of pyridine rings is 1. The van der Waals surface area contributed by atoms with Crippen molar-refractivity contribution in [2.24, 2.45) is 0 Å². The molecule has 1 atom stereocenters. The minimum atomic E-state index is -3.28. The van der Waals surface area contributed by atoms with Crippen LogP contribution in [0.25, 0.3) is 10.9 Å². The van der Waals surface area contributed by atoms with Crippen LogP contribution in [-0.4, -0.2) is 62.7 Å². The largest absolute Gasteiger partial charge is 0.798 e. The first-order valence-electron chi connectivity index (χ1n) is 9.55. The zero-order chi connectivity index (χ0) is 20.9. The van der Waals surface area contributed by atoms with Gasteiger partial charge in [0, 0.05) is 32.4 Å². The predicted molar refractivity (Wildman–Crippen MR) is 106 cm³/mol. The van der Waals surface area contributed by atoms with Crippen molar-refractivity contribution in [3.63, 3.8) is 0 Å². The second kappa shape index (κ2) is 7.33. The Morgan fingerprint density at radius 1 is 1.28 bits per heavy atom. The summed E-state index contributed by atoms with van der Waals surface area (Å²) in [4.78, 5) is 29.5. The Morgan fingerprint density at radius 3 is 2.62 bits per heavy atom. The normalized spacial score (nSPS) is 19.2. The Labute approximate surface area is 167 Å². The number of likely N-dealkylation sites (N-methyl/N-ethyl adjacent to an activating group) is 1. The van der Waals surface area contributed by atoms with Crippen LogP contribution in [0.4, 0.5) is 14.3 Å². The Morgan fingerprint density at radius 2 is 1.97 bits per heavy atom. The van der Waals surface area contributed by atoms with Crippen molar-refractivity contribution < 1.29 is 22.8 Å². The number of carbonyl (C=O) groups excluding carboxylic acids is 1. The van der Waals surface area contributed by atoms with Gasteiger partial charge in [-0.05, 0) is 32.5 Å². The molecule has 29 heavy (non-hydrogen) atoms. The number of aromatic nitrogens is 1. The molecule has 1 saturated heterocycles. The highest BCUT2D eigenvalue weighted by molar-refractivity contribution is 6.38. The summed E-state index contributed by atoms with van der Waals surface area (Å²) in [5.41, 5.74) is 1.34. The van der Waals surface area contributed by atoms with Crippen molar-refractivity contribution in [1.29, 1.82) is 0 Å². The third-order valence-corrected chi connectivity index (χ3v) is 5.61. The summed E-state index contributed by atoms with van der Waals surface area (Å²) in [5, 5.41) is 0.269. The van der Waals surface area contributed by atoms with Crippen molar-refractivity contribution in [2.75, 3.05) is 44.7 Å². The second-order valence-corrected chi connectivity index (χ2v) is 7.66. The highest BCUT2D eigenvalue weighted by Gasteiger charge is 2.31. The van der Waals surface area contributed by atoms with E-state index >= 15 is 0 Å². The van der Waals surface area contributed by atoms with Gasteiger partial charge < -0.3 is 23.8 Å². The molecule has 0 radical (unpaired) electrons. The molecule has 1 aromatic heterocycles. The molecule has 0 amide bonds. The number of hydrogen-bond acceptors (Lipinski definition) is 6. The van der Waals surface area contributed by atoms with Gasteiger partial charge >= 0.3 is 13.4 Å². The number of anilines is 1. The molecule has 4 rings (SSSR count). The quantitative estimate of drug-likeness (QED) is 0.729. The van der Waals surface area contributed by atoms with E-state index in [1.807, 2.05) is 13.8 Å². The summed E-state index contributed by atoms with van der Waals surface area (Å²) in [6.07, 6.45) is 1.31. The maximum absolute atomic E-state index is 13.0.